The average molecular weight is 183 g/mol. The third-order valence-electron chi connectivity index (χ3n) is 1.70. The van der Waals surface area contributed by atoms with Crippen molar-refractivity contribution in [2.75, 3.05) is 0 Å². The lowest BCUT2D eigenvalue weighted by Gasteiger charge is -2.14. The van der Waals surface area contributed by atoms with Gasteiger partial charge in [0.25, 0.3) is 0 Å². The van der Waals surface area contributed by atoms with Crippen LogP contribution in [0.2, 0.25) is 0 Å². The van der Waals surface area contributed by atoms with Crippen molar-refractivity contribution in [2.24, 2.45) is 0 Å². The van der Waals surface area contributed by atoms with Crippen LogP contribution in [0.5, 0.6) is 0 Å². The van der Waals surface area contributed by atoms with E-state index in [0.717, 1.165) is 5.69 Å². The van der Waals surface area contributed by atoms with Gasteiger partial charge in [-0.15, -0.1) is 5.10 Å². The highest BCUT2D eigenvalue weighted by molar-refractivity contribution is 4.97. The van der Waals surface area contributed by atoms with Crippen LogP contribution in [0.4, 0.5) is 0 Å². The predicted molar refractivity (Wildman–Crippen MR) is 50.4 cm³/mol. The minimum atomic E-state index is -0.710. The third-order valence-corrected chi connectivity index (χ3v) is 1.70. The third kappa shape index (κ3) is 3.14. The van der Waals surface area contributed by atoms with Crippen molar-refractivity contribution in [1.82, 2.24) is 15.0 Å². The second-order valence-corrected chi connectivity index (χ2v) is 4.27. The molecule has 13 heavy (non-hydrogen) atoms. The Morgan fingerprint density at radius 1 is 1.54 bits per heavy atom. The van der Waals surface area contributed by atoms with Crippen LogP contribution in [0.25, 0.3) is 0 Å². The molecule has 4 heteroatoms. The van der Waals surface area contributed by atoms with Crippen molar-refractivity contribution < 1.29 is 5.11 Å². The van der Waals surface area contributed by atoms with E-state index in [9.17, 15) is 5.11 Å². The van der Waals surface area contributed by atoms with Crippen LogP contribution in [-0.4, -0.2) is 25.7 Å². The molecule has 0 saturated heterocycles. The second kappa shape index (κ2) is 3.46. The van der Waals surface area contributed by atoms with Crippen LogP contribution in [-0.2, 0) is 6.42 Å². The Bertz CT molecular complexity index is 273. The molecule has 0 aliphatic rings. The molecule has 0 aliphatic heterocycles. The van der Waals surface area contributed by atoms with Gasteiger partial charge in [-0.2, -0.15) is 0 Å². The van der Waals surface area contributed by atoms with Crippen molar-refractivity contribution in [3.05, 3.63) is 11.9 Å². The van der Waals surface area contributed by atoms with Gasteiger partial charge in [-0.25, -0.2) is 4.68 Å². The highest BCUT2D eigenvalue weighted by Crippen LogP contribution is 2.10. The Labute approximate surface area is 78.6 Å². The molecule has 0 radical (unpaired) electrons. The molecule has 0 fully saturated rings. The van der Waals surface area contributed by atoms with Crippen molar-refractivity contribution in [3.63, 3.8) is 0 Å². The fraction of sp³-hybridized carbons (Fsp3) is 0.778. The Hall–Kier alpha value is -0.900. The fourth-order valence-electron chi connectivity index (χ4n) is 1.09. The summed E-state index contributed by atoms with van der Waals surface area (Å²) in [5.74, 6) is 0. The summed E-state index contributed by atoms with van der Waals surface area (Å²) in [7, 11) is 0. The molecule has 0 saturated carbocycles. The Balaban J connectivity index is 2.70. The summed E-state index contributed by atoms with van der Waals surface area (Å²) in [6.45, 7) is 7.62. The van der Waals surface area contributed by atoms with Crippen molar-refractivity contribution in [3.8, 4) is 0 Å². The Morgan fingerprint density at radius 3 is 2.54 bits per heavy atom. The van der Waals surface area contributed by atoms with Gasteiger partial charge in [0.1, 0.15) is 0 Å². The van der Waals surface area contributed by atoms with Crippen LogP contribution in [0, 0.1) is 0 Å². The van der Waals surface area contributed by atoms with Gasteiger partial charge in [0.05, 0.1) is 11.3 Å². The van der Waals surface area contributed by atoms with E-state index in [0.29, 0.717) is 12.5 Å². The summed E-state index contributed by atoms with van der Waals surface area (Å²) < 4.78 is 1.79. The minimum absolute atomic E-state index is 0.322. The minimum Gasteiger partial charge on any atom is -0.390 e. The molecule has 0 unspecified atom stereocenters. The standard InChI is InChI=1S/C9H17N3O/c1-7(2)12-6-8(10-11-12)5-9(3,4)13/h6-7,13H,5H2,1-4H3. The highest BCUT2D eigenvalue weighted by Gasteiger charge is 2.16. The van der Waals surface area contributed by atoms with Crippen LogP contribution in [0.15, 0.2) is 6.20 Å². The molecular formula is C9H17N3O. The molecule has 1 aromatic rings. The maximum Gasteiger partial charge on any atom is 0.0855 e. The number of nitrogens with zero attached hydrogens (tertiary/aromatic N) is 3. The number of aliphatic hydroxyl groups is 1. The second-order valence-electron chi connectivity index (χ2n) is 4.27. The molecule has 1 rings (SSSR count). The lowest BCUT2D eigenvalue weighted by Crippen LogP contribution is -2.22. The molecule has 0 amide bonds. The van der Waals surface area contributed by atoms with Crippen LogP contribution >= 0.6 is 0 Å². The largest absolute Gasteiger partial charge is 0.390 e. The van der Waals surface area contributed by atoms with Gasteiger partial charge >= 0.3 is 0 Å². The Kier molecular flexibility index (Phi) is 2.71. The van der Waals surface area contributed by atoms with E-state index < -0.39 is 5.60 Å². The fourth-order valence-corrected chi connectivity index (χ4v) is 1.09. The SMILES string of the molecule is CC(C)n1cc(CC(C)(C)O)nn1. The first-order valence-electron chi connectivity index (χ1n) is 4.51. The normalized spacial score (nSPS) is 12.5. The van der Waals surface area contributed by atoms with Crippen LogP contribution in [0.1, 0.15) is 39.4 Å². The van der Waals surface area contributed by atoms with E-state index >= 15 is 0 Å². The predicted octanol–water partition coefficient (Wildman–Crippen LogP) is 1.17. The van der Waals surface area contributed by atoms with Gasteiger partial charge in [-0.1, -0.05) is 5.21 Å². The summed E-state index contributed by atoms with van der Waals surface area (Å²) in [6.07, 6.45) is 2.42. The molecule has 1 aromatic heterocycles. The van der Waals surface area contributed by atoms with Crippen molar-refractivity contribution >= 4 is 0 Å². The maximum atomic E-state index is 9.54. The van der Waals surface area contributed by atoms with E-state index in [2.05, 4.69) is 10.3 Å². The van der Waals surface area contributed by atoms with Gasteiger partial charge in [-0.05, 0) is 27.7 Å². The molecular weight excluding hydrogens is 166 g/mol. The van der Waals surface area contributed by atoms with E-state index in [1.54, 1.807) is 18.5 Å². The molecule has 0 spiro atoms. The zero-order chi connectivity index (χ0) is 10.1. The first-order chi connectivity index (χ1) is 5.88. The van der Waals surface area contributed by atoms with E-state index in [4.69, 9.17) is 0 Å². The molecule has 0 bridgehead atoms. The summed E-state index contributed by atoms with van der Waals surface area (Å²) in [6, 6.07) is 0.322. The molecule has 1 N–H and O–H groups in total. The molecule has 0 aromatic carbocycles. The first-order valence-corrected chi connectivity index (χ1v) is 4.51. The van der Waals surface area contributed by atoms with E-state index in [1.165, 1.54) is 0 Å². The summed E-state index contributed by atoms with van der Waals surface area (Å²) in [4.78, 5) is 0. The topological polar surface area (TPSA) is 50.9 Å². The summed E-state index contributed by atoms with van der Waals surface area (Å²) >= 11 is 0. The lowest BCUT2D eigenvalue weighted by atomic mass is 10.0. The zero-order valence-electron chi connectivity index (χ0n) is 8.65. The zero-order valence-corrected chi connectivity index (χ0v) is 8.65. The van der Waals surface area contributed by atoms with Crippen molar-refractivity contribution in [1.29, 1.82) is 0 Å². The van der Waals surface area contributed by atoms with Gasteiger partial charge < -0.3 is 5.11 Å². The quantitative estimate of drug-likeness (QED) is 0.765. The molecule has 4 nitrogen and oxygen atoms in total. The molecule has 0 aliphatic carbocycles. The molecule has 0 atom stereocenters. The number of aromatic nitrogens is 3. The molecule has 1 heterocycles. The number of rotatable bonds is 3. The van der Waals surface area contributed by atoms with Gasteiger partial charge in [0.2, 0.25) is 0 Å². The van der Waals surface area contributed by atoms with Crippen LogP contribution in [0.3, 0.4) is 0 Å². The monoisotopic (exact) mass is 183 g/mol. The first kappa shape index (κ1) is 10.2. The maximum absolute atomic E-state index is 9.54. The highest BCUT2D eigenvalue weighted by atomic mass is 16.3. The van der Waals surface area contributed by atoms with Gasteiger partial charge in [-0.3, -0.25) is 0 Å². The smallest absolute Gasteiger partial charge is 0.0855 e. The molecule has 74 valence electrons. The van der Waals surface area contributed by atoms with E-state index in [-0.39, 0.29) is 0 Å². The van der Waals surface area contributed by atoms with Gasteiger partial charge in [0, 0.05) is 18.7 Å². The van der Waals surface area contributed by atoms with Crippen molar-refractivity contribution in [2.45, 2.75) is 45.8 Å². The van der Waals surface area contributed by atoms with Crippen LogP contribution < -0.4 is 0 Å². The Morgan fingerprint density at radius 2 is 2.15 bits per heavy atom. The summed E-state index contributed by atoms with van der Waals surface area (Å²) in [5, 5.41) is 17.5. The van der Waals surface area contributed by atoms with E-state index in [1.807, 2.05) is 20.0 Å². The van der Waals surface area contributed by atoms with Gasteiger partial charge in [0.15, 0.2) is 0 Å². The number of hydrogen-bond acceptors (Lipinski definition) is 3. The summed E-state index contributed by atoms with van der Waals surface area (Å²) in [5.41, 5.74) is 0.124. The number of hydrogen-bond donors (Lipinski definition) is 1. The lowest BCUT2D eigenvalue weighted by molar-refractivity contribution is 0.0799. The average Bonchev–Trinajstić information content (AvgIpc) is 2.31.